The number of nitrogens with zero attached hydrogens (tertiary/aromatic N) is 3. The van der Waals surface area contributed by atoms with Crippen molar-refractivity contribution in [1.29, 1.82) is 0 Å². The monoisotopic (exact) mass is 595 g/mol. The summed E-state index contributed by atoms with van der Waals surface area (Å²) in [5.74, 6) is -0.162. The van der Waals surface area contributed by atoms with Crippen LogP contribution in [0, 0.1) is 11.9 Å². The highest BCUT2D eigenvalue weighted by Crippen LogP contribution is 2.33. The van der Waals surface area contributed by atoms with Crippen LogP contribution in [-0.4, -0.2) is 51.0 Å². The highest BCUT2D eigenvalue weighted by atomic mass is 32.2. The summed E-state index contributed by atoms with van der Waals surface area (Å²) in [5, 5.41) is 3.42. The van der Waals surface area contributed by atoms with Crippen LogP contribution in [0.3, 0.4) is 0 Å². The van der Waals surface area contributed by atoms with Gasteiger partial charge in [0, 0.05) is 35.8 Å². The third kappa shape index (κ3) is 8.42. The second kappa shape index (κ2) is 13.4. The number of ether oxygens (including phenoxy) is 1. The summed E-state index contributed by atoms with van der Waals surface area (Å²) in [6, 6.07) is 15.9. The van der Waals surface area contributed by atoms with Crippen LogP contribution in [0.15, 0.2) is 59.6 Å². The largest absolute Gasteiger partial charge is 0.587 e. The van der Waals surface area contributed by atoms with Gasteiger partial charge < -0.3 is 19.5 Å². The Morgan fingerprint density at radius 3 is 2.55 bits per heavy atom. The van der Waals surface area contributed by atoms with E-state index < -0.39 is 23.2 Å². The fourth-order valence-corrected chi connectivity index (χ4v) is 5.85. The van der Waals surface area contributed by atoms with Crippen LogP contribution >= 0.6 is 0 Å². The molecule has 1 aliphatic heterocycles. The van der Waals surface area contributed by atoms with Crippen LogP contribution < -0.4 is 14.8 Å². The van der Waals surface area contributed by atoms with E-state index in [2.05, 4.69) is 45.8 Å². The number of carbonyl (C=O) groups excluding carboxylic acids is 1. The van der Waals surface area contributed by atoms with Gasteiger partial charge in [-0.05, 0) is 63.8 Å². The first kappa shape index (κ1) is 31.7. The third-order valence-electron chi connectivity index (χ3n) is 7.71. The van der Waals surface area contributed by atoms with Crippen molar-refractivity contribution >= 4 is 23.1 Å². The fraction of sp³-hybridized carbons (Fsp3) is 0.469. The number of carbonyl (C=O) groups is 1. The number of halogens is 1. The van der Waals surface area contributed by atoms with Gasteiger partial charge in [-0.3, -0.25) is 4.79 Å². The van der Waals surface area contributed by atoms with E-state index in [0.29, 0.717) is 36.3 Å². The Kier molecular flexibility index (Phi) is 10.1. The Labute approximate surface area is 251 Å². The number of anilines is 1. The summed E-state index contributed by atoms with van der Waals surface area (Å²) >= 11 is -2.07. The zero-order chi connectivity index (χ0) is 30.5. The van der Waals surface area contributed by atoms with Crippen molar-refractivity contribution in [3.05, 3.63) is 77.4 Å². The van der Waals surface area contributed by atoms with Crippen LogP contribution in [0.4, 0.5) is 10.2 Å². The van der Waals surface area contributed by atoms with Crippen LogP contribution in [0.25, 0.3) is 0 Å². The van der Waals surface area contributed by atoms with Crippen LogP contribution in [0.1, 0.15) is 75.5 Å². The lowest BCUT2D eigenvalue weighted by Gasteiger charge is -2.26. The quantitative estimate of drug-likeness (QED) is 0.162. The molecule has 2 N–H and O–H groups in total. The van der Waals surface area contributed by atoms with Crippen molar-refractivity contribution in [1.82, 2.24) is 19.6 Å². The van der Waals surface area contributed by atoms with Crippen molar-refractivity contribution < 1.29 is 18.5 Å². The van der Waals surface area contributed by atoms with E-state index in [1.54, 1.807) is 12.1 Å². The maximum atomic E-state index is 14.7. The Morgan fingerprint density at radius 1 is 1.17 bits per heavy atom. The van der Waals surface area contributed by atoms with Gasteiger partial charge in [0.1, 0.15) is 29.5 Å². The van der Waals surface area contributed by atoms with E-state index in [4.69, 9.17) is 4.74 Å². The predicted octanol–water partition coefficient (Wildman–Crippen LogP) is 5.87. The molecule has 3 heterocycles. The zero-order valence-electron chi connectivity index (χ0n) is 25.4. The number of pyridine rings is 2. The Hall–Kier alpha value is -3.21. The number of likely N-dealkylation sites (tertiary alicyclic amines) is 1. The average molecular weight is 596 g/mol. The molecule has 2 atom stereocenters. The van der Waals surface area contributed by atoms with Gasteiger partial charge in [-0.25, -0.2) is 4.98 Å². The molecule has 3 aromatic rings. The number of nitrogens with one attached hydrogen (secondary N) is 2. The molecule has 2 aromatic heterocycles. The van der Waals surface area contributed by atoms with Gasteiger partial charge in [-0.1, -0.05) is 51.1 Å². The van der Waals surface area contributed by atoms with E-state index in [0.717, 1.165) is 24.9 Å². The molecule has 8 nitrogen and oxygen atoms in total. The lowest BCUT2D eigenvalue weighted by Crippen LogP contribution is -2.34. The molecule has 1 aliphatic rings. The molecule has 0 bridgehead atoms. The topological polar surface area (TPSA) is 102 Å². The molecule has 0 radical (unpaired) electrons. The summed E-state index contributed by atoms with van der Waals surface area (Å²) in [4.78, 5) is 23.7. The van der Waals surface area contributed by atoms with Crippen molar-refractivity contribution in [2.45, 2.75) is 76.5 Å². The van der Waals surface area contributed by atoms with Crippen molar-refractivity contribution in [3.63, 3.8) is 0 Å². The van der Waals surface area contributed by atoms with E-state index in [9.17, 15) is 13.7 Å². The molecular weight excluding hydrogens is 553 g/mol. The first-order chi connectivity index (χ1) is 19.8. The fourth-order valence-electron chi connectivity index (χ4n) is 5.07. The number of amides is 1. The molecule has 0 aliphatic carbocycles. The molecule has 1 aromatic carbocycles. The van der Waals surface area contributed by atoms with Gasteiger partial charge in [0.25, 0.3) is 10.9 Å². The molecular formula is C32H42FN5O3S. The van der Waals surface area contributed by atoms with Gasteiger partial charge in [0.2, 0.25) is 5.95 Å². The Balaban J connectivity index is 1.44. The minimum Gasteiger partial charge on any atom is -0.587 e. The molecule has 1 amide bonds. The molecule has 1 saturated heterocycles. The van der Waals surface area contributed by atoms with E-state index in [1.165, 1.54) is 18.6 Å². The third-order valence-corrected chi connectivity index (χ3v) is 8.67. The second-order valence-electron chi connectivity index (χ2n) is 12.6. The van der Waals surface area contributed by atoms with Crippen molar-refractivity contribution in [2.24, 2.45) is 5.92 Å². The van der Waals surface area contributed by atoms with E-state index in [-0.39, 0.29) is 21.5 Å². The van der Waals surface area contributed by atoms with Crippen LogP contribution in [-0.2, 0) is 23.4 Å². The van der Waals surface area contributed by atoms with Gasteiger partial charge >= 0.3 is 0 Å². The maximum Gasteiger partial charge on any atom is 0.297 e. The summed E-state index contributed by atoms with van der Waals surface area (Å²) in [5.41, 5.74) is 1.05. The molecule has 10 heteroatoms. The van der Waals surface area contributed by atoms with Gasteiger partial charge in [0.15, 0.2) is 0 Å². The Bertz CT molecular complexity index is 1370. The van der Waals surface area contributed by atoms with Gasteiger partial charge in [-0.15, -0.1) is 0 Å². The second-order valence-corrected chi connectivity index (χ2v) is 13.8. The highest BCUT2D eigenvalue weighted by Gasteiger charge is 2.35. The van der Waals surface area contributed by atoms with Crippen LogP contribution in [0.2, 0.25) is 0 Å². The van der Waals surface area contributed by atoms with Crippen molar-refractivity contribution in [2.75, 3.05) is 25.5 Å². The minimum atomic E-state index is -2.07. The smallest absolute Gasteiger partial charge is 0.297 e. The normalized spacial score (nSPS) is 17.6. The molecule has 226 valence electrons. The van der Waals surface area contributed by atoms with E-state index >= 15 is 0 Å². The summed E-state index contributed by atoms with van der Waals surface area (Å²) < 4.78 is 36.3. The number of hydrogen-bond donors (Lipinski definition) is 2. The number of aromatic nitrogens is 2. The summed E-state index contributed by atoms with van der Waals surface area (Å²) in [6.07, 6.45) is 3.22. The lowest BCUT2D eigenvalue weighted by molar-refractivity contribution is 0.0976. The average Bonchev–Trinajstić information content (AvgIpc) is 3.20. The van der Waals surface area contributed by atoms with E-state index in [1.807, 2.05) is 51.1 Å². The summed E-state index contributed by atoms with van der Waals surface area (Å²) in [7, 11) is 2.18. The molecule has 4 rings (SSSR count). The minimum absolute atomic E-state index is 0.0928. The number of benzene rings is 1. The van der Waals surface area contributed by atoms with Crippen molar-refractivity contribution in [3.8, 4) is 5.75 Å². The SMILES string of the molecule is CN1CC(CCCNc2cc(OCc3ccccc3)cc([S+]([O-])NC(=O)c3ccc(C(C)(C)C)nc3F)n2)CC1(C)C. The van der Waals surface area contributed by atoms with Crippen LogP contribution in [0.5, 0.6) is 5.75 Å². The maximum absolute atomic E-state index is 14.7. The first-order valence-electron chi connectivity index (χ1n) is 14.4. The zero-order valence-corrected chi connectivity index (χ0v) is 26.2. The lowest BCUT2D eigenvalue weighted by atomic mass is 9.91. The molecule has 0 saturated carbocycles. The predicted molar refractivity (Wildman–Crippen MR) is 164 cm³/mol. The molecule has 1 fully saturated rings. The molecule has 42 heavy (non-hydrogen) atoms. The highest BCUT2D eigenvalue weighted by molar-refractivity contribution is 7.90. The van der Waals surface area contributed by atoms with Gasteiger partial charge in [0.05, 0.1) is 11.6 Å². The number of rotatable bonds is 11. The molecule has 0 spiro atoms. The molecule has 2 unspecified atom stereocenters. The van der Waals surface area contributed by atoms with Gasteiger partial charge in [-0.2, -0.15) is 14.1 Å². The Morgan fingerprint density at radius 2 is 1.90 bits per heavy atom. The summed E-state index contributed by atoms with van der Waals surface area (Å²) in [6.45, 7) is 12.4. The standard InChI is InChI=1S/C32H42FN5O3S/c1-31(2,3)26-15-14-25(29(33)35-26)30(39)37-42(40)28-18-24(41-21-22-11-8-7-9-12-22)17-27(36-28)34-16-10-13-23-19-32(4,5)38(6)20-23/h7-9,11-12,14-15,17-18,23H,10,13,16,19-21H2,1-6H3,(H,34,36)(H,37,39). The first-order valence-corrected chi connectivity index (χ1v) is 15.5. The number of hydrogen-bond acceptors (Lipinski definition) is 7.